The first kappa shape index (κ1) is 14.6. The van der Waals surface area contributed by atoms with Gasteiger partial charge >= 0.3 is 0 Å². The van der Waals surface area contributed by atoms with Crippen LogP contribution in [-0.4, -0.2) is 33.2 Å². The lowest BCUT2D eigenvalue weighted by Crippen LogP contribution is -2.71. The number of rotatable bonds is 3. The molecule has 0 N–H and O–H groups in total. The fourth-order valence-electron chi connectivity index (χ4n) is 3.30. The first-order valence-corrected chi connectivity index (χ1v) is 8.81. The number of hydrogen-bond acceptors (Lipinski definition) is 4. The van der Waals surface area contributed by atoms with Crippen LogP contribution in [0.25, 0.3) is 10.4 Å². The van der Waals surface area contributed by atoms with E-state index in [2.05, 4.69) is 30.1 Å². The van der Waals surface area contributed by atoms with Gasteiger partial charge in [0.05, 0.1) is 10.1 Å². The minimum atomic E-state index is -0.661. The molecule has 0 aromatic heterocycles. The molecule has 5 nitrogen and oxygen atoms in total. The lowest BCUT2D eigenvalue weighted by Gasteiger charge is -2.55. The van der Waals surface area contributed by atoms with Gasteiger partial charge in [-0.15, -0.1) is 23.5 Å². The van der Waals surface area contributed by atoms with Crippen LogP contribution in [0.5, 0.6) is 0 Å². The number of fused-ring (bicyclic) bond motifs is 1. The highest BCUT2D eigenvalue weighted by Gasteiger charge is 2.72. The summed E-state index contributed by atoms with van der Waals surface area (Å²) in [6.45, 7) is 4.16. The van der Waals surface area contributed by atoms with Crippen LogP contribution in [0.1, 0.15) is 19.4 Å². The van der Waals surface area contributed by atoms with Crippen molar-refractivity contribution in [2.24, 2.45) is 5.11 Å². The summed E-state index contributed by atoms with van der Waals surface area (Å²) in [4.78, 5) is 16.8. The van der Waals surface area contributed by atoms with Crippen molar-refractivity contribution in [1.29, 1.82) is 0 Å². The molecule has 2 aliphatic heterocycles. The van der Waals surface area contributed by atoms with E-state index in [1.54, 1.807) is 23.5 Å². The lowest BCUT2D eigenvalue weighted by molar-refractivity contribution is -0.160. The predicted molar refractivity (Wildman–Crippen MR) is 86.9 cm³/mol. The van der Waals surface area contributed by atoms with E-state index < -0.39 is 10.9 Å². The van der Waals surface area contributed by atoms with E-state index in [0.717, 1.165) is 5.56 Å². The number of amides is 1. The van der Waals surface area contributed by atoms with Gasteiger partial charge in [0.25, 0.3) is 0 Å². The van der Waals surface area contributed by atoms with Crippen molar-refractivity contribution in [2.75, 3.05) is 6.26 Å². The molecule has 110 valence electrons. The fraction of sp³-hybridized carbons (Fsp3) is 0.500. The van der Waals surface area contributed by atoms with Crippen LogP contribution in [0.4, 0.5) is 0 Å². The highest BCUT2D eigenvalue weighted by Crippen LogP contribution is 2.65. The number of azide groups is 1. The van der Waals surface area contributed by atoms with Crippen molar-refractivity contribution >= 4 is 29.4 Å². The number of thioether (sulfide) groups is 2. The van der Waals surface area contributed by atoms with Crippen LogP contribution in [0, 0.1) is 0 Å². The Morgan fingerprint density at radius 2 is 2.05 bits per heavy atom. The van der Waals surface area contributed by atoms with Crippen LogP contribution in [-0.2, 0) is 9.67 Å². The molecular weight excluding hydrogens is 304 g/mol. The predicted octanol–water partition coefficient (Wildman–Crippen LogP) is 3.58. The van der Waals surface area contributed by atoms with Crippen LogP contribution in [0.15, 0.2) is 35.4 Å². The first-order valence-electron chi connectivity index (χ1n) is 6.64. The van der Waals surface area contributed by atoms with E-state index in [4.69, 9.17) is 5.53 Å². The molecule has 1 amide bonds. The smallest absolute Gasteiger partial charge is 0.237 e. The molecular formula is C14H16N4OS2. The molecule has 3 rings (SSSR count). The highest BCUT2D eigenvalue weighted by molar-refractivity contribution is 8.17. The molecule has 0 unspecified atom stereocenters. The monoisotopic (exact) mass is 320 g/mol. The quantitative estimate of drug-likeness (QED) is 0.370. The Labute approximate surface area is 132 Å². The molecule has 7 heteroatoms. The molecule has 1 aromatic rings. The molecule has 2 aliphatic rings. The largest absolute Gasteiger partial charge is 0.315 e. The van der Waals surface area contributed by atoms with E-state index >= 15 is 0 Å². The second kappa shape index (κ2) is 4.87. The minimum absolute atomic E-state index is 0.0781. The third kappa shape index (κ3) is 1.74. The van der Waals surface area contributed by atoms with Gasteiger partial charge in [0, 0.05) is 4.91 Å². The average molecular weight is 320 g/mol. The topological polar surface area (TPSA) is 69.1 Å². The summed E-state index contributed by atoms with van der Waals surface area (Å²) in [7, 11) is 0. The standard InChI is InChI=1S/C14H16N4OS2/c1-13(2)12(20-3)21-14(9-7-5-4-6-8-9)10(16-17-15)11(19)18(13)14/h4-8,10,12H,1-3H3/t10-,12+,14+/m0/s1. The summed E-state index contributed by atoms with van der Waals surface area (Å²) >= 11 is 3.46. The first-order chi connectivity index (χ1) is 10.00. The van der Waals surface area contributed by atoms with E-state index in [1.807, 2.05) is 35.2 Å². The maximum atomic E-state index is 12.5. The van der Waals surface area contributed by atoms with Gasteiger partial charge in [0.2, 0.25) is 5.91 Å². The molecule has 0 saturated carbocycles. The van der Waals surface area contributed by atoms with Gasteiger partial charge in [-0.2, -0.15) is 0 Å². The van der Waals surface area contributed by atoms with Crippen LogP contribution >= 0.6 is 23.5 Å². The molecule has 0 spiro atoms. The Morgan fingerprint density at radius 3 is 2.62 bits per heavy atom. The molecule has 2 heterocycles. The number of β-lactam (4-membered cyclic amide) rings is 1. The van der Waals surface area contributed by atoms with Crippen molar-refractivity contribution in [1.82, 2.24) is 4.90 Å². The Kier molecular flexibility index (Phi) is 3.39. The zero-order valence-electron chi connectivity index (χ0n) is 12.1. The van der Waals surface area contributed by atoms with Crippen molar-refractivity contribution < 1.29 is 4.79 Å². The molecule has 1 aromatic carbocycles. The average Bonchev–Trinajstić information content (AvgIpc) is 2.70. The van der Waals surface area contributed by atoms with Crippen molar-refractivity contribution in [2.45, 2.75) is 34.9 Å². The number of carbonyl (C=O) groups is 1. The van der Waals surface area contributed by atoms with Gasteiger partial charge in [-0.05, 0) is 31.2 Å². The Balaban J connectivity index is 2.17. The normalized spacial score (nSPS) is 33.1. The van der Waals surface area contributed by atoms with E-state index in [-0.39, 0.29) is 16.0 Å². The summed E-state index contributed by atoms with van der Waals surface area (Å²) in [5, 5.41) is 3.80. The Morgan fingerprint density at radius 1 is 1.38 bits per heavy atom. The lowest BCUT2D eigenvalue weighted by atomic mass is 9.83. The van der Waals surface area contributed by atoms with E-state index in [0.29, 0.717) is 0 Å². The molecule has 2 saturated heterocycles. The Bertz CT molecular complexity index is 629. The summed E-state index contributed by atoms with van der Waals surface area (Å²) in [6.07, 6.45) is 2.05. The van der Waals surface area contributed by atoms with Crippen molar-refractivity contribution in [3.05, 3.63) is 46.3 Å². The summed E-state index contributed by atoms with van der Waals surface area (Å²) in [5.74, 6) is -0.0781. The second-order valence-corrected chi connectivity index (χ2v) is 8.25. The maximum absolute atomic E-state index is 12.5. The second-order valence-electron chi connectivity index (χ2n) is 5.68. The van der Waals surface area contributed by atoms with E-state index in [1.165, 1.54) is 0 Å². The van der Waals surface area contributed by atoms with Gasteiger partial charge in [0.15, 0.2) is 6.04 Å². The molecule has 21 heavy (non-hydrogen) atoms. The van der Waals surface area contributed by atoms with Crippen LogP contribution in [0.2, 0.25) is 0 Å². The zero-order chi connectivity index (χ0) is 15.3. The van der Waals surface area contributed by atoms with Gasteiger partial charge in [0.1, 0.15) is 4.87 Å². The van der Waals surface area contributed by atoms with Crippen molar-refractivity contribution in [3.63, 3.8) is 0 Å². The molecule has 0 radical (unpaired) electrons. The van der Waals surface area contributed by atoms with Crippen LogP contribution < -0.4 is 0 Å². The number of nitrogens with zero attached hydrogens (tertiary/aromatic N) is 4. The third-order valence-electron chi connectivity index (χ3n) is 4.17. The zero-order valence-corrected chi connectivity index (χ0v) is 13.7. The van der Waals surface area contributed by atoms with E-state index in [9.17, 15) is 4.79 Å². The molecule has 0 aliphatic carbocycles. The van der Waals surface area contributed by atoms with Crippen molar-refractivity contribution in [3.8, 4) is 0 Å². The third-order valence-corrected chi connectivity index (χ3v) is 7.83. The Hall–Kier alpha value is -1.30. The minimum Gasteiger partial charge on any atom is -0.315 e. The fourth-order valence-corrected chi connectivity index (χ4v) is 6.51. The highest BCUT2D eigenvalue weighted by atomic mass is 32.2. The number of benzene rings is 1. The van der Waals surface area contributed by atoms with Gasteiger partial charge in [-0.1, -0.05) is 35.4 Å². The van der Waals surface area contributed by atoms with Crippen LogP contribution in [0.3, 0.4) is 0 Å². The number of hydrogen-bond donors (Lipinski definition) is 0. The summed E-state index contributed by atoms with van der Waals surface area (Å²) in [5.41, 5.74) is 9.57. The summed E-state index contributed by atoms with van der Waals surface area (Å²) < 4.78 is 0.237. The molecule has 3 atom stereocenters. The maximum Gasteiger partial charge on any atom is 0.237 e. The van der Waals surface area contributed by atoms with Gasteiger partial charge in [-0.3, -0.25) is 4.79 Å². The number of carbonyl (C=O) groups excluding carboxylic acids is 1. The molecule has 2 fully saturated rings. The van der Waals surface area contributed by atoms with Gasteiger partial charge in [-0.25, -0.2) is 0 Å². The van der Waals surface area contributed by atoms with Gasteiger partial charge < -0.3 is 4.90 Å². The summed E-state index contributed by atoms with van der Waals surface area (Å²) in [6, 6.07) is 9.21. The molecule has 0 bridgehead atoms. The SMILES string of the molecule is CS[C@@H]1S[C@]2(c3ccccc3)[C@@H](N=[N+]=[N-])C(=O)N2C1(C)C.